The smallest absolute Gasteiger partial charge is 0.0582 e. The van der Waals surface area contributed by atoms with E-state index in [-0.39, 0.29) is 6.04 Å². The van der Waals surface area contributed by atoms with Crippen molar-refractivity contribution >= 4 is 0 Å². The van der Waals surface area contributed by atoms with Crippen molar-refractivity contribution in [2.24, 2.45) is 5.73 Å². The zero-order chi connectivity index (χ0) is 12.3. The molecular formula is C14H19N3. The average molecular weight is 229 g/mol. The first kappa shape index (κ1) is 11.9. The van der Waals surface area contributed by atoms with Gasteiger partial charge < -0.3 is 5.73 Å². The largest absolute Gasteiger partial charge is 0.320 e. The molecule has 2 aromatic rings. The molecule has 3 N–H and O–H groups in total. The fourth-order valence-corrected chi connectivity index (χ4v) is 1.89. The molecule has 0 radical (unpaired) electrons. The summed E-state index contributed by atoms with van der Waals surface area (Å²) in [6, 6.07) is 8.46. The summed E-state index contributed by atoms with van der Waals surface area (Å²) < 4.78 is 0. The molecule has 3 nitrogen and oxygen atoms in total. The summed E-state index contributed by atoms with van der Waals surface area (Å²) in [6.07, 6.45) is 4.77. The second-order valence-corrected chi connectivity index (χ2v) is 4.49. The van der Waals surface area contributed by atoms with Gasteiger partial charge in [-0.2, -0.15) is 5.10 Å². The van der Waals surface area contributed by atoms with Crippen molar-refractivity contribution in [3.63, 3.8) is 0 Å². The summed E-state index contributed by atoms with van der Waals surface area (Å²) in [6.45, 7) is 4.45. The molecule has 1 heterocycles. The molecule has 0 aliphatic heterocycles. The van der Waals surface area contributed by atoms with Crippen LogP contribution in [0.5, 0.6) is 0 Å². The molecule has 0 aliphatic rings. The second-order valence-electron chi connectivity index (χ2n) is 4.49. The zero-order valence-corrected chi connectivity index (χ0v) is 10.4. The molecule has 0 saturated carbocycles. The molecule has 0 aliphatic carbocycles. The highest BCUT2D eigenvalue weighted by atomic mass is 15.1. The number of benzene rings is 1. The van der Waals surface area contributed by atoms with Gasteiger partial charge in [-0.1, -0.05) is 38.1 Å². The van der Waals surface area contributed by atoms with Crippen LogP contribution in [0, 0.1) is 0 Å². The molecule has 0 spiro atoms. The molecule has 0 saturated heterocycles. The van der Waals surface area contributed by atoms with Crippen LogP contribution in [0.1, 0.15) is 48.9 Å². The molecule has 17 heavy (non-hydrogen) atoms. The fraction of sp³-hybridized carbons (Fsp3) is 0.357. The number of H-pyrrole nitrogens is 1. The van der Waals surface area contributed by atoms with Crippen molar-refractivity contribution in [1.82, 2.24) is 10.2 Å². The number of aromatic amines is 1. The fourth-order valence-electron chi connectivity index (χ4n) is 1.89. The minimum Gasteiger partial charge on any atom is -0.320 e. The Kier molecular flexibility index (Phi) is 3.59. The Morgan fingerprint density at radius 2 is 1.82 bits per heavy atom. The summed E-state index contributed by atoms with van der Waals surface area (Å²) in [5.74, 6) is 0.606. The molecule has 3 heteroatoms. The van der Waals surface area contributed by atoms with E-state index in [1.54, 1.807) is 6.20 Å². The number of hydrogen-bond acceptors (Lipinski definition) is 2. The van der Waals surface area contributed by atoms with Gasteiger partial charge in [0.25, 0.3) is 0 Å². The van der Waals surface area contributed by atoms with Crippen molar-refractivity contribution in [2.45, 2.75) is 32.2 Å². The van der Waals surface area contributed by atoms with Gasteiger partial charge in [-0.05, 0) is 23.5 Å². The van der Waals surface area contributed by atoms with Crippen LogP contribution in [0.3, 0.4) is 0 Å². The zero-order valence-electron chi connectivity index (χ0n) is 10.4. The van der Waals surface area contributed by atoms with Crippen molar-refractivity contribution < 1.29 is 0 Å². The molecule has 0 bridgehead atoms. The molecule has 2 atom stereocenters. The third kappa shape index (κ3) is 2.56. The lowest BCUT2D eigenvalue weighted by Gasteiger charge is -2.13. The van der Waals surface area contributed by atoms with Crippen LogP contribution in [-0.2, 0) is 0 Å². The maximum atomic E-state index is 6.16. The Balaban J connectivity index is 2.18. The lowest BCUT2D eigenvalue weighted by Crippen LogP contribution is -2.11. The van der Waals surface area contributed by atoms with E-state index in [9.17, 15) is 0 Å². The molecule has 1 aromatic carbocycles. The lowest BCUT2D eigenvalue weighted by molar-refractivity contribution is 0.732. The van der Waals surface area contributed by atoms with Crippen LogP contribution in [0.15, 0.2) is 36.7 Å². The summed E-state index contributed by atoms with van der Waals surface area (Å²) in [7, 11) is 0. The Morgan fingerprint density at radius 1 is 1.18 bits per heavy atom. The van der Waals surface area contributed by atoms with Crippen LogP contribution in [0.4, 0.5) is 0 Å². The minimum atomic E-state index is -0.0975. The van der Waals surface area contributed by atoms with E-state index >= 15 is 0 Å². The first-order valence-corrected chi connectivity index (χ1v) is 6.06. The van der Waals surface area contributed by atoms with E-state index in [1.165, 1.54) is 5.56 Å². The van der Waals surface area contributed by atoms with Gasteiger partial charge in [0.15, 0.2) is 0 Å². The van der Waals surface area contributed by atoms with Gasteiger partial charge in [-0.3, -0.25) is 5.10 Å². The normalized spacial score (nSPS) is 14.5. The molecular weight excluding hydrogens is 210 g/mol. The molecule has 0 fully saturated rings. The molecule has 90 valence electrons. The number of nitrogens with one attached hydrogen (secondary N) is 1. The first-order valence-electron chi connectivity index (χ1n) is 6.06. The number of hydrogen-bond donors (Lipinski definition) is 2. The summed E-state index contributed by atoms with van der Waals surface area (Å²) in [4.78, 5) is 0. The van der Waals surface area contributed by atoms with Crippen LogP contribution < -0.4 is 5.73 Å². The molecule has 0 amide bonds. The highest BCUT2D eigenvalue weighted by Gasteiger charge is 2.10. The van der Waals surface area contributed by atoms with Crippen molar-refractivity contribution in [3.05, 3.63) is 53.3 Å². The molecule has 2 unspecified atom stereocenters. The summed E-state index contributed by atoms with van der Waals surface area (Å²) in [5.41, 5.74) is 9.67. The second kappa shape index (κ2) is 5.15. The van der Waals surface area contributed by atoms with Gasteiger partial charge in [0.05, 0.1) is 12.2 Å². The number of rotatable bonds is 4. The van der Waals surface area contributed by atoms with Gasteiger partial charge in [0, 0.05) is 11.8 Å². The lowest BCUT2D eigenvalue weighted by atomic mass is 9.95. The predicted octanol–water partition coefficient (Wildman–Crippen LogP) is 2.97. The van der Waals surface area contributed by atoms with Gasteiger partial charge >= 0.3 is 0 Å². The summed E-state index contributed by atoms with van der Waals surface area (Å²) in [5, 5.41) is 6.71. The van der Waals surface area contributed by atoms with Crippen LogP contribution in [0.2, 0.25) is 0 Å². The van der Waals surface area contributed by atoms with Gasteiger partial charge in [0.2, 0.25) is 0 Å². The third-order valence-corrected chi connectivity index (χ3v) is 3.36. The average Bonchev–Trinajstić information content (AvgIpc) is 2.91. The number of nitrogens with zero attached hydrogens (tertiary/aromatic N) is 1. The van der Waals surface area contributed by atoms with Crippen molar-refractivity contribution in [2.75, 3.05) is 0 Å². The number of aromatic nitrogens is 2. The Hall–Kier alpha value is -1.61. The standard InChI is InChI=1S/C14H19N3/c1-3-10(2)11-4-6-12(7-5-11)14(15)13-8-16-17-9-13/h4-10,14H,3,15H2,1-2H3,(H,16,17). The van der Waals surface area contributed by atoms with E-state index in [0.29, 0.717) is 5.92 Å². The quantitative estimate of drug-likeness (QED) is 0.846. The van der Waals surface area contributed by atoms with Crippen molar-refractivity contribution in [1.29, 1.82) is 0 Å². The van der Waals surface area contributed by atoms with Crippen LogP contribution in [-0.4, -0.2) is 10.2 Å². The number of nitrogens with two attached hydrogens (primary N) is 1. The van der Waals surface area contributed by atoms with Crippen LogP contribution in [0.25, 0.3) is 0 Å². The van der Waals surface area contributed by atoms with Gasteiger partial charge in [-0.25, -0.2) is 0 Å². The molecule has 1 aromatic heterocycles. The van der Waals surface area contributed by atoms with E-state index in [2.05, 4.69) is 48.3 Å². The highest BCUT2D eigenvalue weighted by Crippen LogP contribution is 2.23. The molecule has 2 rings (SSSR count). The minimum absolute atomic E-state index is 0.0975. The Morgan fingerprint density at radius 3 is 2.35 bits per heavy atom. The third-order valence-electron chi connectivity index (χ3n) is 3.36. The SMILES string of the molecule is CCC(C)c1ccc(C(N)c2cn[nH]c2)cc1. The van der Waals surface area contributed by atoms with Gasteiger partial charge in [-0.15, -0.1) is 0 Å². The van der Waals surface area contributed by atoms with Crippen LogP contribution >= 0.6 is 0 Å². The van der Waals surface area contributed by atoms with E-state index < -0.39 is 0 Å². The van der Waals surface area contributed by atoms with E-state index in [1.807, 2.05) is 6.20 Å². The highest BCUT2D eigenvalue weighted by molar-refractivity contribution is 5.32. The Labute approximate surface area is 102 Å². The topological polar surface area (TPSA) is 54.7 Å². The maximum absolute atomic E-state index is 6.16. The van der Waals surface area contributed by atoms with Crippen molar-refractivity contribution in [3.8, 4) is 0 Å². The summed E-state index contributed by atoms with van der Waals surface area (Å²) >= 11 is 0. The monoisotopic (exact) mass is 229 g/mol. The predicted molar refractivity (Wildman–Crippen MR) is 69.8 cm³/mol. The maximum Gasteiger partial charge on any atom is 0.0582 e. The van der Waals surface area contributed by atoms with Gasteiger partial charge in [0.1, 0.15) is 0 Å². The first-order chi connectivity index (χ1) is 8.22. The van der Waals surface area contributed by atoms with E-state index in [0.717, 1.165) is 17.5 Å². The Bertz CT molecular complexity index is 445. The van der Waals surface area contributed by atoms with E-state index in [4.69, 9.17) is 5.73 Å².